The van der Waals surface area contributed by atoms with Gasteiger partial charge < -0.3 is 14.2 Å². The Morgan fingerprint density at radius 2 is 2.18 bits per heavy atom. The van der Waals surface area contributed by atoms with Gasteiger partial charge >= 0.3 is 0 Å². The molecule has 1 aromatic rings. The maximum Gasteiger partial charge on any atom is 0.126 e. The second-order valence-corrected chi connectivity index (χ2v) is 6.73. The van der Waals surface area contributed by atoms with E-state index in [9.17, 15) is 0 Å². The van der Waals surface area contributed by atoms with Gasteiger partial charge in [0.05, 0.1) is 11.7 Å². The normalized spacial score (nSPS) is 20.9. The summed E-state index contributed by atoms with van der Waals surface area (Å²) >= 11 is 0. The monoisotopic (exact) mass is 306 g/mol. The Labute approximate surface area is 135 Å². The highest BCUT2D eigenvalue weighted by Crippen LogP contribution is 2.33. The molecule has 3 atom stereocenters. The molecule has 0 bridgehead atoms. The third-order valence-electron chi connectivity index (χ3n) is 4.77. The van der Waals surface area contributed by atoms with Gasteiger partial charge in [0.2, 0.25) is 0 Å². The molecule has 22 heavy (non-hydrogen) atoms. The average molecular weight is 306 g/mol. The fourth-order valence-corrected chi connectivity index (χ4v) is 2.93. The van der Waals surface area contributed by atoms with E-state index < -0.39 is 0 Å². The number of hydrogen-bond donors (Lipinski definition) is 0. The van der Waals surface area contributed by atoms with Crippen LogP contribution in [0.4, 0.5) is 0 Å². The van der Waals surface area contributed by atoms with Crippen molar-refractivity contribution in [3.8, 4) is 11.5 Å². The lowest BCUT2D eigenvalue weighted by Crippen LogP contribution is -2.26. The molecule has 1 aliphatic heterocycles. The van der Waals surface area contributed by atoms with E-state index in [1.54, 1.807) is 7.11 Å². The highest BCUT2D eigenvalue weighted by Gasteiger charge is 2.22. The van der Waals surface area contributed by atoms with E-state index in [1.165, 1.54) is 5.56 Å². The minimum Gasteiger partial charge on any atom is -0.491 e. The SMILES string of the molecule is CCC(C)(CCCC(C)Oc1ccc2c(c1)OC(C)C2)OC. The summed E-state index contributed by atoms with van der Waals surface area (Å²) in [6.45, 7) is 8.59. The van der Waals surface area contributed by atoms with Gasteiger partial charge in [-0.2, -0.15) is 0 Å². The number of rotatable bonds is 8. The van der Waals surface area contributed by atoms with Crippen LogP contribution in [0.1, 0.15) is 58.9 Å². The van der Waals surface area contributed by atoms with Crippen LogP contribution in [0, 0.1) is 0 Å². The first-order valence-electron chi connectivity index (χ1n) is 8.47. The summed E-state index contributed by atoms with van der Waals surface area (Å²) < 4.78 is 17.4. The molecule has 3 heteroatoms. The van der Waals surface area contributed by atoms with Gasteiger partial charge in [-0.3, -0.25) is 0 Å². The van der Waals surface area contributed by atoms with Gasteiger partial charge in [0.25, 0.3) is 0 Å². The van der Waals surface area contributed by atoms with Gasteiger partial charge in [0, 0.05) is 19.6 Å². The molecule has 3 unspecified atom stereocenters. The van der Waals surface area contributed by atoms with Crippen molar-refractivity contribution in [2.45, 2.75) is 77.6 Å². The Morgan fingerprint density at radius 3 is 2.86 bits per heavy atom. The molecule has 1 aliphatic rings. The van der Waals surface area contributed by atoms with Crippen LogP contribution in [-0.2, 0) is 11.2 Å². The molecule has 2 rings (SSSR count). The minimum absolute atomic E-state index is 0.00271. The molecule has 0 N–H and O–H groups in total. The highest BCUT2D eigenvalue weighted by molar-refractivity contribution is 5.43. The standard InChI is InChI=1S/C19H30O3/c1-6-19(4,20-5)11-7-8-14(2)21-17-10-9-16-12-15(3)22-18(16)13-17/h9-10,13-15H,6-8,11-12H2,1-5H3. The lowest BCUT2D eigenvalue weighted by atomic mass is 9.95. The Kier molecular flexibility index (Phi) is 5.74. The van der Waals surface area contributed by atoms with Crippen molar-refractivity contribution < 1.29 is 14.2 Å². The van der Waals surface area contributed by atoms with Crippen LogP contribution in [0.15, 0.2) is 18.2 Å². The molecule has 0 amide bonds. The Hall–Kier alpha value is -1.22. The highest BCUT2D eigenvalue weighted by atomic mass is 16.5. The largest absolute Gasteiger partial charge is 0.491 e. The van der Waals surface area contributed by atoms with Crippen LogP contribution in [-0.4, -0.2) is 24.9 Å². The Bertz CT molecular complexity index is 480. The molecular weight excluding hydrogens is 276 g/mol. The second kappa shape index (κ2) is 7.36. The van der Waals surface area contributed by atoms with Crippen molar-refractivity contribution in [2.24, 2.45) is 0 Å². The fraction of sp³-hybridized carbons (Fsp3) is 0.684. The second-order valence-electron chi connectivity index (χ2n) is 6.73. The molecule has 124 valence electrons. The molecule has 0 saturated heterocycles. The van der Waals surface area contributed by atoms with Crippen molar-refractivity contribution in [3.05, 3.63) is 23.8 Å². The summed E-state index contributed by atoms with van der Waals surface area (Å²) in [4.78, 5) is 0. The molecule has 0 spiro atoms. The molecule has 3 nitrogen and oxygen atoms in total. The predicted molar refractivity (Wildman–Crippen MR) is 89.9 cm³/mol. The van der Waals surface area contributed by atoms with Gasteiger partial charge in [-0.05, 0) is 58.1 Å². The smallest absolute Gasteiger partial charge is 0.126 e. The van der Waals surface area contributed by atoms with E-state index in [0.717, 1.165) is 43.6 Å². The first-order valence-corrected chi connectivity index (χ1v) is 8.47. The average Bonchev–Trinajstić information content (AvgIpc) is 2.86. The Balaban J connectivity index is 1.80. The van der Waals surface area contributed by atoms with E-state index in [2.05, 4.69) is 39.8 Å². The van der Waals surface area contributed by atoms with Crippen molar-refractivity contribution >= 4 is 0 Å². The maximum atomic E-state index is 6.04. The summed E-state index contributed by atoms with van der Waals surface area (Å²) in [5.41, 5.74) is 1.28. The van der Waals surface area contributed by atoms with Gasteiger partial charge in [0.1, 0.15) is 17.6 Å². The zero-order chi connectivity index (χ0) is 16.2. The Morgan fingerprint density at radius 1 is 1.41 bits per heavy atom. The number of methoxy groups -OCH3 is 1. The maximum absolute atomic E-state index is 6.04. The quantitative estimate of drug-likeness (QED) is 0.693. The summed E-state index contributed by atoms with van der Waals surface area (Å²) in [5.74, 6) is 1.89. The van der Waals surface area contributed by atoms with E-state index in [-0.39, 0.29) is 17.8 Å². The first kappa shape index (κ1) is 17.1. The van der Waals surface area contributed by atoms with Crippen LogP contribution in [0.3, 0.4) is 0 Å². The topological polar surface area (TPSA) is 27.7 Å². The number of hydrogen-bond acceptors (Lipinski definition) is 3. The van der Waals surface area contributed by atoms with Gasteiger partial charge in [-0.1, -0.05) is 13.0 Å². The summed E-state index contributed by atoms with van der Waals surface area (Å²) in [6, 6.07) is 6.21. The van der Waals surface area contributed by atoms with E-state index >= 15 is 0 Å². The number of benzene rings is 1. The number of fused-ring (bicyclic) bond motifs is 1. The van der Waals surface area contributed by atoms with E-state index in [4.69, 9.17) is 14.2 Å². The molecule has 0 saturated carbocycles. The van der Waals surface area contributed by atoms with Crippen molar-refractivity contribution in [1.29, 1.82) is 0 Å². The van der Waals surface area contributed by atoms with Crippen LogP contribution < -0.4 is 9.47 Å². The number of ether oxygens (including phenoxy) is 3. The third kappa shape index (κ3) is 4.39. The fourth-order valence-electron chi connectivity index (χ4n) is 2.93. The summed E-state index contributed by atoms with van der Waals surface area (Å²) in [5, 5.41) is 0. The van der Waals surface area contributed by atoms with Gasteiger partial charge in [-0.15, -0.1) is 0 Å². The van der Waals surface area contributed by atoms with E-state index in [1.807, 2.05) is 6.07 Å². The van der Waals surface area contributed by atoms with E-state index in [0.29, 0.717) is 0 Å². The van der Waals surface area contributed by atoms with Crippen molar-refractivity contribution in [2.75, 3.05) is 7.11 Å². The molecule has 0 radical (unpaired) electrons. The van der Waals surface area contributed by atoms with Gasteiger partial charge in [0.15, 0.2) is 0 Å². The third-order valence-corrected chi connectivity index (χ3v) is 4.77. The lowest BCUT2D eigenvalue weighted by molar-refractivity contribution is -0.00768. The first-order chi connectivity index (χ1) is 10.5. The zero-order valence-electron chi connectivity index (χ0n) is 14.6. The lowest BCUT2D eigenvalue weighted by Gasteiger charge is -2.27. The van der Waals surface area contributed by atoms with Gasteiger partial charge in [-0.25, -0.2) is 0 Å². The van der Waals surface area contributed by atoms with Crippen LogP contribution in [0.5, 0.6) is 11.5 Å². The zero-order valence-corrected chi connectivity index (χ0v) is 14.6. The summed E-state index contributed by atoms with van der Waals surface area (Å²) in [6.07, 6.45) is 5.74. The molecule has 0 aliphatic carbocycles. The van der Waals surface area contributed by atoms with Crippen molar-refractivity contribution in [3.63, 3.8) is 0 Å². The van der Waals surface area contributed by atoms with Crippen LogP contribution in [0.2, 0.25) is 0 Å². The molecule has 1 heterocycles. The molecule has 0 aromatic heterocycles. The summed E-state index contributed by atoms with van der Waals surface area (Å²) in [7, 11) is 1.80. The molecule has 1 aromatic carbocycles. The minimum atomic E-state index is -0.00271. The van der Waals surface area contributed by atoms with Crippen LogP contribution >= 0.6 is 0 Å². The van der Waals surface area contributed by atoms with Crippen molar-refractivity contribution in [1.82, 2.24) is 0 Å². The van der Waals surface area contributed by atoms with Crippen LogP contribution in [0.25, 0.3) is 0 Å². The molecule has 0 fully saturated rings. The predicted octanol–water partition coefficient (Wildman–Crippen LogP) is 4.76. The molecular formula is C19H30O3.